The van der Waals surface area contributed by atoms with Crippen LogP contribution in [0.15, 0.2) is 39.8 Å². The molecule has 0 saturated heterocycles. The first kappa shape index (κ1) is 15.3. The minimum absolute atomic E-state index is 0.198. The van der Waals surface area contributed by atoms with E-state index in [0.29, 0.717) is 16.1 Å². The maximum Gasteiger partial charge on any atom is 0.263 e. The fourth-order valence-corrected chi connectivity index (χ4v) is 3.45. The van der Waals surface area contributed by atoms with Gasteiger partial charge in [0.15, 0.2) is 0 Å². The maximum atomic E-state index is 12.4. The third kappa shape index (κ3) is 3.31. The van der Waals surface area contributed by atoms with Crippen molar-refractivity contribution in [1.29, 1.82) is 0 Å². The predicted octanol–water partition coefficient (Wildman–Crippen LogP) is 3.92. The number of benzene rings is 1. The van der Waals surface area contributed by atoms with Gasteiger partial charge < -0.3 is 0 Å². The lowest BCUT2D eigenvalue weighted by atomic mass is 10.2. The highest BCUT2D eigenvalue weighted by Gasteiger charge is 2.18. The minimum atomic E-state index is -3.68. The Morgan fingerprint density at radius 2 is 1.90 bits per heavy atom. The van der Waals surface area contributed by atoms with E-state index < -0.39 is 10.0 Å². The van der Waals surface area contributed by atoms with E-state index in [4.69, 9.17) is 11.6 Å². The Labute approximate surface area is 131 Å². The van der Waals surface area contributed by atoms with Gasteiger partial charge in [-0.15, -0.1) is 0 Å². The van der Waals surface area contributed by atoms with Crippen molar-refractivity contribution < 1.29 is 8.42 Å². The molecule has 0 radical (unpaired) electrons. The lowest BCUT2D eigenvalue weighted by molar-refractivity contribution is 0.600. The van der Waals surface area contributed by atoms with Crippen LogP contribution in [0.25, 0.3) is 0 Å². The zero-order chi connectivity index (χ0) is 14.9. The second-order valence-electron chi connectivity index (χ2n) is 4.33. The van der Waals surface area contributed by atoms with Crippen molar-refractivity contribution in [2.75, 3.05) is 4.72 Å². The molecule has 0 aliphatic heterocycles. The van der Waals surface area contributed by atoms with E-state index in [-0.39, 0.29) is 10.7 Å². The fourth-order valence-electron chi connectivity index (χ4n) is 1.67. The molecular formula is C13H12BrClN2O2S. The predicted molar refractivity (Wildman–Crippen MR) is 83.7 cm³/mol. The standard InChI is InChI=1S/C13H12BrClN2O2S/c1-8-6-12(9(2)5-11(8)15)20(18,19)17-13-4-3-10(14)7-16-13/h3-7H,1-2H3,(H,16,17). The van der Waals surface area contributed by atoms with Gasteiger partial charge in [-0.05, 0) is 65.2 Å². The van der Waals surface area contributed by atoms with E-state index in [0.717, 1.165) is 4.47 Å². The number of aromatic nitrogens is 1. The summed E-state index contributed by atoms with van der Waals surface area (Å²) in [6, 6.07) is 6.49. The third-order valence-corrected chi connectivity index (χ3v) is 5.09. The molecule has 4 nitrogen and oxygen atoms in total. The van der Waals surface area contributed by atoms with Crippen molar-refractivity contribution in [1.82, 2.24) is 4.98 Å². The van der Waals surface area contributed by atoms with Gasteiger partial charge in [0, 0.05) is 15.7 Å². The molecule has 0 fully saturated rings. The second-order valence-corrected chi connectivity index (χ2v) is 7.31. The number of aryl methyl sites for hydroxylation is 2. The molecule has 20 heavy (non-hydrogen) atoms. The van der Waals surface area contributed by atoms with Crippen LogP contribution < -0.4 is 4.72 Å². The van der Waals surface area contributed by atoms with Crippen molar-refractivity contribution in [3.05, 3.63) is 51.1 Å². The van der Waals surface area contributed by atoms with Crippen LogP contribution in [0.2, 0.25) is 5.02 Å². The van der Waals surface area contributed by atoms with E-state index in [9.17, 15) is 8.42 Å². The summed E-state index contributed by atoms with van der Waals surface area (Å²) >= 11 is 9.23. The van der Waals surface area contributed by atoms with Gasteiger partial charge >= 0.3 is 0 Å². The summed E-state index contributed by atoms with van der Waals surface area (Å²) in [5.41, 5.74) is 1.30. The summed E-state index contributed by atoms with van der Waals surface area (Å²) < 4.78 is 28.0. The first-order chi connectivity index (χ1) is 9.29. The van der Waals surface area contributed by atoms with Gasteiger partial charge in [-0.3, -0.25) is 4.72 Å². The van der Waals surface area contributed by atoms with E-state index in [1.54, 1.807) is 38.1 Å². The molecule has 0 saturated carbocycles. The van der Waals surface area contributed by atoms with Gasteiger partial charge in [-0.2, -0.15) is 0 Å². The summed E-state index contributed by atoms with van der Waals surface area (Å²) in [4.78, 5) is 4.19. The lowest BCUT2D eigenvalue weighted by Crippen LogP contribution is -2.15. The van der Waals surface area contributed by atoms with E-state index in [2.05, 4.69) is 25.6 Å². The van der Waals surface area contributed by atoms with Crippen LogP contribution in [0.4, 0.5) is 5.82 Å². The van der Waals surface area contributed by atoms with E-state index in [1.165, 1.54) is 6.20 Å². The Balaban J connectivity index is 2.40. The highest BCUT2D eigenvalue weighted by atomic mass is 79.9. The molecule has 0 amide bonds. The molecule has 1 aromatic heterocycles. The molecule has 106 valence electrons. The Kier molecular flexibility index (Phi) is 4.36. The summed E-state index contributed by atoms with van der Waals surface area (Å²) in [6.45, 7) is 3.47. The highest BCUT2D eigenvalue weighted by Crippen LogP contribution is 2.25. The van der Waals surface area contributed by atoms with Gasteiger partial charge in [0.2, 0.25) is 0 Å². The fraction of sp³-hybridized carbons (Fsp3) is 0.154. The van der Waals surface area contributed by atoms with Crippen LogP contribution in [-0.4, -0.2) is 13.4 Å². The second kappa shape index (κ2) is 5.71. The molecule has 0 atom stereocenters. The molecule has 1 N–H and O–H groups in total. The highest BCUT2D eigenvalue weighted by molar-refractivity contribution is 9.10. The number of nitrogens with zero attached hydrogens (tertiary/aromatic N) is 1. The molecule has 1 aromatic carbocycles. The van der Waals surface area contributed by atoms with Crippen LogP contribution in [0, 0.1) is 13.8 Å². The monoisotopic (exact) mass is 374 g/mol. The molecule has 0 aliphatic carbocycles. The number of hydrogen-bond donors (Lipinski definition) is 1. The molecule has 7 heteroatoms. The molecule has 1 heterocycles. The molecule has 0 aliphatic rings. The third-order valence-electron chi connectivity index (χ3n) is 2.71. The average molecular weight is 376 g/mol. The SMILES string of the molecule is Cc1cc(S(=O)(=O)Nc2ccc(Br)cn2)c(C)cc1Cl. The average Bonchev–Trinajstić information content (AvgIpc) is 2.36. The first-order valence-corrected chi connectivity index (χ1v) is 8.36. The summed E-state index contributed by atoms with van der Waals surface area (Å²) in [5.74, 6) is 0.264. The normalized spacial score (nSPS) is 11.4. The molecule has 2 rings (SSSR count). The van der Waals surface area contributed by atoms with Crippen molar-refractivity contribution in [2.45, 2.75) is 18.7 Å². The molecule has 2 aromatic rings. The zero-order valence-electron chi connectivity index (χ0n) is 10.8. The smallest absolute Gasteiger partial charge is 0.263 e. The number of halogens is 2. The largest absolute Gasteiger partial charge is 0.263 e. The van der Waals surface area contributed by atoms with Gasteiger partial charge in [0.1, 0.15) is 5.82 Å². The van der Waals surface area contributed by atoms with Crippen LogP contribution in [-0.2, 0) is 10.0 Å². The van der Waals surface area contributed by atoms with Crippen molar-refractivity contribution in [3.63, 3.8) is 0 Å². The Morgan fingerprint density at radius 3 is 2.50 bits per heavy atom. The molecular weight excluding hydrogens is 364 g/mol. The Bertz CT molecular complexity index is 746. The number of rotatable bonds is 3. The van der Waals surface area contributed by atoms with Gasteiger partial charge in [0.05, 0.1) is 4.90 Å². The minimum Gasteiger partial charge on any atom is -0.263 e. The first-order valence-electron chi connectivity index (χ1n) is 5.71. The van der Waals surface area contributed by atoms with Crippen molar-refractivity contribution >= 4 is 43.4 Å². The number of hydrogen-bond acceptors (Lipinski definition) is 3. The van der Waals surface area contributed by atoms with E-state index >= 15 is 0 Å². The number of pyridine rings is 1. The topological polar surface area (TPSA) is 59.1 Å². The van der Waals surface area contributed by atoms with Gasteiger partial charge in [-0.1, -0.05) is 11.6 Å². The van der Waals surface area contributed by atoms with Gasteiger partial charge in [-0.25, -0.2) is 13.4 Å². The van der Waals surface area contributed by atoms with Crippen molar-refractivity contribution in [2.24, 2.45) is 0 Å². The van der Waals surface area contributed by atoms with E-state index in [1.807, 2.05) is 0 Å². The Morgan fingerprint density at radius 1 is 1.20 bits per heavy atom. The number of nitrogens with one attached hydrogen (secondary N) is 1. The number of anilines is 1. The van der Waals surface area contributed by atoms with Crippen LogP contribution in [0.5, 0.6) is 0 Å². The molecule has 0 unspecified atom stereocenters. The quantitative estimate of drug-likeness (QED) is 0.884. The van der Waals surface area contributed by atoms with Crippen LogP contribution in [0.1, 0.15) is 11.1 Å². The maximum absolute atomic E-state index is 12.4. The lowest BCUT2D eigenvalue weighted by Gasteiger charge is -2.11. The van der Waals surface area contributed by atoms with Gasteiger partial charge in [0.25, 0.3) is 10.0 Å². The molecule has 0 spiro atoms. The number of sulfonamides is 1. The van der Waals surface area contributed by atoms with Crippen molar-refractivity contribution in [3.8, 4) is 0 Å². The summed E-state index contributed by atoms with van der Waals surface area (Å²) in [5, 5.41) is 0.545. The Hall–Kier alpha value is -1.11. The molecule has 0 bridgehead atoms. The zero-order valence-corrected chi connectivity index (χ0v) is 14.0. The summed E-state index contributed by atoms with van der Waals surface area (Å²) in [6.07, 6.45) is 1.53. The van der Waals surface area contributed by atoms with Crippen LogP contribution in [0.3, 0.4) is 0 Å². The summed E-state index contributed by atoms with van der Waals surface area (Å²) in [7, 11) is -3.68. The van der Waals surface area contributed by atoms with Crippen LogP contribution >= 0.6 is 27.5 Å².